The molecule has 176 valence electrons. The van der Waals surface area contributed by atoms with E-state index in [-0.39, 0.29) is 11.6 Å². The summed E-state index contributed by atoms with van der Waals surface area (Å²) in [5.74, 6) is 1.74. The van der Waals surface area contributed by atoms with E-state index in [4.69, 9.17) is 0 Å². The van der Waals surface area contributed by atoms with Crippen LogP contribution in [0.3, 0.4) is 0 Å². The van der Waals surface area contributed by atoms with E-state index < -0.39 is 15.8 Å². The molecule has 5 rings (SSSR count). The molecule has 2 unspecified atom stereocenters. The average Bonchev–Trinajstić information content (AvgIpc) is 2.94. The molecule has 0 nitrogen and oxygen atoms in total. The van der Waals surface area contributed by atoms with Crippen LogP contribution in [-0.4, -0.2) is 0 Å². The molecule has 0 aliphatic rings. The molecule has 4 heteroatoms. The third kappa shape index (κ3) is 5.36. The summed E-state index contributed by atoms with van der Waals surface area (Å²) in [6, 6.07) is 44.2. The number of rotatable bonds is 7. The zero-order valence-electron chi connectivity index (χ0n) is 19.5. The molecule has 36 heavy (non-hydrogen) atoms. The summed E-state index contributed by atoms with van der Waals surface area (Å²) in [4.78, 5) is 0. The lowest BCUT2D eigenvalue weighted by atomic mass is 10.2. The molecule has 5 aromatic rings. The Bertz CT molecular complexity index is 1450. The summed E-state index contributed by atoms with van der Waals surface area (Å²) in [5, 5.41) is 4.42. The summed E-state index contributed by atoms with van der Waals surface area (Å²) >= 11 is 0. The van der Waals surface area contributed by atoms with Crippen molar-refractivity contribution in [1.82, 2.24) is 0 Å². The molecular formula is C32H24F2P2. The van der Waals surface area contributed by atoms with Crippen molar-refractivity contribution in [3.63, 3.8) is 0 Å². The van der Waals surface area contributed by atoms with Crippen LogP contribution in [0.15, 0.2) is 145 Å². The maximum Gasteiger partial charge on any atom is 0.131 e. The van der Waals surface area contributed by atoms with Crippen molar-refractivity contribution < 1.29 is 8.78 Å². The number of hydrogen-bond acceptors (Lipinski definition) is 0. The van der Waals surface area contributed by atoms with Crippen LogP contribution in [0.4, 0.5) is 8.78 Å². The van der Waals surface area contributed by atoms with Gasteiger partial charge in [0.2, 0.25) is 0 Å². The minimum atomic E-state index is -1.25. The predicted octanol–water partition coefficient (Wildman–Crippen LogP) is 7.53. The van der Waals surface area contributed by atoms with Gasteiger partial charge >= 0.3 is 0 Å². The molecule has 0 spiro atoms. The van der Waals surface area contributed by atoms with Crippen LogP contribution in [0.25, 0.3) is 5.31 Å². The van der Waals surface area contributed by atoms with Crippen LogP contribution in [0.5, 0.6) is 0 Å². The van der Waals surface area contributed by atoms with Gasteiger partial charge in [-0.15, -0.1) is 0 Å². The number of benzene rings is 5. The summed E-state index contributed by atoms with van der Waals surface area (Å²) < 4.78 is 30.6. The van der Waals surface area contributed by atoms with Crippen molar-refractivity contribution in [3.05, 3.63) is 163 Å². The molecule has 0 aromatic heterocycles. The zero-order chi connectivity index (χ0) is 24.7. The lowest BCUT2D eigenvalue weighted by Crippen LogP contribution is -2.17. The van der Waals surface area contributed by atoms with Crippen LogP contribution in [-0.2, 0) is 0 Å². The average molecular weight is 508 g/mol. The van der Waals surface area contributed by atoms with Gasteiger partial charge in [-0.3, -0.25) is 0 Å². The topological polar surface area (TPSA) is 0 Å². The Kier molecular flexibility index (Phi) is 7.77. The third-order valence-electron chi connectivity index (χ3n) is 5.82. The van der Waals surface area contributed by atoms with E-state index in [1.54, 1.807) is 12.1 Å². The van der Waals surface area contributed by atoms with E-state index in [2.05, 4.69) is 30.1 Å². The third-order valence-corrected chi connectivity index (χ3v) is 10.8. The molecule has 5 aromatic carbocycles. The molecule has 2 atom stereocenters. The second-order valence-electron chi connectivity index (χ2n) is 8.16. The van der Waals surface area contributed by atoms with Crippen molar-refractivity contribution in [2.45, 2.75) is 0 Å². The summed E-state index contributed by atoms with van der Waals surface area (Å²) in [7, 11) is -2.46. The van der Waals surface area contributed by atoms with Gasteiger partial charge in [-0.25, -0.2) is 8.78 Å². The number of halogens is 2. The Morgan fingerprint density at radius 3 is 1.47 bits per heavy atom. The van der Waals surface area contributed by atoms with Crippen LogP contribution in [0.1, 0.15) is 5.56 Å². The maximum atomic E-state index is 15.4. The molecule has 0 aliphatic carbocycles. The van der Waals surface area contributed by atoms with E-state index in [9.17, 15) is 0 Å². The van der Waals surface area contributed by atoms with Crippen LogP contribution in [0, 0.1) is 11.6 Å². The van der Waals surface area contributed by atoms with Crippen molar-refractivity contribution in [3.8, 4) is 0 Å². The highest BCUT2D eigenvalue weighted by Gasteiger charge is 2.26. The first kappa shape index (κ1) is 24.3. The molecule has 0 saturated heterocycles. The normalized spacial score (nSPS) is 13.2. The van der Waals surface area contributed by atoms with Gasteiger partial charge in [0, 0.05) is 10.6 Å². The van der Waals surface area contributed by atoms with Crippen molar-refractivity contribution in [2.24, 2.45) is 0 Å². The summed E-state index contributed by atoms with van der Waals surface area (Å²) in [6.07, 6.45) is 0. The molecule has 0 N–H and O–H groups in total. The first-order valence-corrected chi connectivity index (χ1v) is 14.4. The van der Waals surface area contributed by atoms with Gasteiger partial charge in [-0.1, -0.05) is 127 Å². The lowest BCUT2D eigenvalue weighted by molar-refractivity contribution is 0.636. The van der Waals surface area contributed by atoms with Gasteiger partial charge in [0.15, 0.2) is 0 Å². The fraction of sp³-hybridized carbons (Fsp3) is 0. The van der Waals surface area contributed by atoms with Crippen LogP contribution >= 0.6 is 15.8 Å². The van der Waals surface area contributed by atoms with Gasteiger partial charge in [0.05, 0.1) is 0 Å². The Morgan fingerprint density at radius 2 is 0.917 bits per heavy atom. The SMILES string of the molecule is Fc1ccccc1P(/C=C(/c1ccccc1)P(c1ccccc1)c1ccccc1F)c1ccccc1. The van der Waals surface area contributed by atoms with E-state index in [0.29, 0.717) is 10.6 Å². The second kappa shape index (κ2) is 11.5. The van der Waals surface area contributed by atoms with Crippen LogP contribution < -0.4 is 21.2 Å². The molecule has 0 fully saturated rings. The summed E-state index contributed by atoms with van der Waals surface area (Å²) in [5.41, 5.74) is 1.01. The Labute approximate surface area is 213 Å². The Morgan fingerprint density at radius 1 is 0.472 bits per heavy atom. The maximum absolute atomic E-state index is 15.4. The first-order valence-electron chi connectivity index (χ1n) is 11.7. The Balaban J connectivity index is 1.81. The standard InChI is InChI=1S/C32H24F2P2/c33-28-20-10-12-22-30(28)35(26-16-6-2-7-17-26)24-32(25-14-4-1-5-15-25)36(27-18-8-3-9-19-27)31-23-13-11-21-29(31)34/h1-24H/b32-24-. The molecular weight excluding hydrogens is 484 g/mol. The van der Waals surface area contributed by atoms with Crippen molar-refractivity contribution >= 4 is 42.4 Å². The van der Waals surface area contributed by atoms with E-state index in [1.807, 2.05) is 91.0 Å². The molecule has 0 bridgehead atoms. The highest BCUT2D eigenvalue weighted by atomic mass is 31.1. The van der Waals surface area contributed by atoms with Gasteiger partial charge in [0.25, 0.3) is 0 Å². The summed E-state index contributed by atoms with van der Waals surface area (Å²) in [6.45, 7) is 0. The van der Waals surface area contributed by atoms with E-state index in [1.165, 1.54) is 12.1 Å². The van der Waals surface area contributed by atoms with Gasteiger partial charge in [-0.05, 0) is 55.3 Å². The molecule has 0 heterocycles. The minimum Gasteiger partial charge on any atom is -0.206 e. The predicted molar refractivity (Wildman–Crippen MR) is 152 cm³/mol. The molecule has 0 aliphatic heterocycles. The minimum absolute atomic E-state index is 0.231. The molecule has 0 radical (unpaired) electrons. The first-order chi connectivity index (χ1) is 17.7. The quantitative estimate of drug-likeness (QED) is 0.199. The van der Waals surface area contributed by atoms with E-state index in [0.717, 1.165) is 21.5 Å². The fourth-order valence-corrected chi connectivity index (χ4v) is 9.16. The number of hydrogen-bond donors (Lipinski definition) is 0. The monoisotopic (exact) mass is 508 g/mol. The van der Waals surface area contributed by atoms with Gasteiger partial charge in [-0.2, -0.15) is 0 Å². The zero-order valence-corrected chi connectivity index (χ0v) is 21.3. The highest BCUT2D eigenvalue weighted by Crippen LogP contribution is 2.53. The van der Waals surface area contributed by atoms with Crippen molar-refractivity contribution in [2.75, 3.05) is 0 Å². The second-order valence-corrected chi connectivity index (χ2v) is 12.3. The van der Waals surface area contributed by atoms with E-state index >= 15 is 8.78 Å². The molecule has 0 saturated carbocycles. The van der Waals surface area contributed by atoms with Gasteiger partial charge in [0.1, 0.15) is 11.6 Å². The fourth-order valence-electron chi connectivity index (χ4n) is 4.13. The van der Waals surface area contributed by atoms with Gasteiger partial charge < -0.3 is 0 Å². The van der Waals surface area contributed by atoms with Crippen LogP contribution in [0.2, 0.25) is 0 Å². The van der Waals surface area contributed by atoms with Crippen molar-refractivity contribution in [1.29, 1.82) is 0 Å². The highest BCUT2D eigenvalue weighted by molar-refractivity contribution is 7.84. The lowest BCUT2D eigenvalue weighted by Gasteiger charge is -2.26. The molecule has 0 amide bonds. The Hall–Kier alpha value is -3.44. The smallest absolute Gasteiger partial charge is 0.131 e. The largest absolute Gasteiger partial charge is 0.206 e.